The minimum atomic E-state index is -0.582. The summed E-state index contributed by atoms with van der Waals surface area (Å²) >= 11 is 1.62. The number of fused-ring (bicyclic) bond motifs is 1. The van der Waals surface area contributed by atoms with Gasteiger partial charge in [-0.15, -0.1) is 11.3 Å². The van der Waals surface area contributed by atoms with E-state index in [-0.39, 0.29) is 0 Å². The lowest BCUT2D eigenvalue weighted by Gasteiger charge is -2.12. The molecule has 0 fully saturated rings. The van der Waals surface area contributed by atoms with Gasteiger partial charge in [0, 0.05) is 35.9 Å². The first-order valence-electron chi connectivity index (χ1n) is 8.51. The fraction of sp³-hybridized carbons (Fsp3) is 0.500. The highest BCUT2D eigenvalue weighted by Gasteiger charge is 2.11. The first-order chi connectivity index (χ1) is 11.7. The molecular weight excluding hydrogens is 322 g/mol. The van der Waals surface area contributed by atoms with Crippen LogP contribution in [0, 0.1) is 0 Å². The molecule has 5 nitrogen and oxygen atoms in total. The predicted molar refractivity (Wildman–Crippen MR) is 102 cm³/mol. The normalized spacial score (nSPS) is 13.2. The molecule has 1 aromatic heterocycles. The number of ether oxygens (including phenoxy) is 1. The molecule has 0 bridgehead atoms. The summed E-state index contributed by atoms with van der Waals surface area (Å²) in [6.07, 6.45) is 0.346. The van der Waals surface area contributed by atoms with E-state index in [4.69, 9.17) is 4.74 Å². The van der Waals surface area contributed by atoms with Crippen LogP contribution in [0.2, 0.25) is 0 Å². The van der Waals surface area contributed by atoms with Crippen LogP contribution in [-0.4, -0.2) is 43.9 Å². The van der Waals surface area contributed by atoms with Gasteiger partial charge in [0.1, 0.15) is 6.10 Å². The number of nitrogens with zero attached hydrogens (tertiary/aromatic N) is 1. The number of benzene rings is 1. The molecule has 0 saturated heterocycles. The molecule has 1 aromatic carbocycles. The zero-order chi connectivity index (χ0) is 17.2. The van der Waals surface area contributed by atoms with Crippen molar-refractivity contribution in [3.63, 3.8) is 0 Å². The Morgan fingerprint density at radius 3 is 2.88 bits per heavy atom. The van der Waals surface area contributed by atoms with E-state index in [1.807, 2.05) is 32.0 Å². The van der Waals surface area contributed by atoms with E-state index in [1.165, 1.54) is 10.1 Å². The number of guanidine groups is 1. The molecule has 0 aliphatic carbocycles. The number of hydrogen-bond acceptors (Lipinski definition) is 4. The molecule has 1 unspecified atom stereocenters. The van der Waals surface area contributed by atoms with Crippen LogP contribution < -0.4 is 10.6 Å². The predicted octanol–water partition coefficient (Wildman–Crippen LogP) is 2.92. The first kappa shape index (κ1) is 18.7. The molecule has 0 amide bonds. The highest BCUT2D eigenvalue weighted by molar-refractivity contribution is 7.19. The number of hydrogen-bond donors (Lipinski definition) is 3. The van der Waals surface area contributed by atoms with Crippen LogP contribution >= 0.6 is 11.3 Å². The second-order valence-corrected chi connectivity index (χ2v) is 6.51. The van der Waals surface area contributed by atoms with Gasteiger partial charge < -0.3 is 20.5 Å². The first-order valence-corrected chi connectivity index (χ1v) is 9.32. The second-order valence-electron chi connectivity index (χ2n) is 5.40. The third-order valence-corrected chi connectivity index (χ3v) is 4.72. The van der Waals surface area contributed by atoms with Gasteiger partial charge in [-0.1, -0.05) is 18.2 Å². The largest absolute Gasteiger partial charge is 0.386 e. The summed E-state index contributed by atoms with van der Waals surface area (Å²) in [5.74, 6) is 0.731. The lowest BCUT2D eigenvalue weighted by molar-refractivity contribution is 0.145. The number of nitrogens with one attached hydrogen (secondary N) is 2. The molecule has 2 aromatic rings. The van der Waals surface area contributed by atoms with Crippen LogP contribution in [0.4, 0.5) is 0 Å². The molecular formula is C18H27N3O2S. The molecule has 0 saturated carbocycles. The molecule has 0 radical (unpaired) electrons. The monoisotopic (exact) mass is 349 g/mol. The SMILES string of the molecule is CCNC(=NCC(O)c1cc2ccccc2s1)NCCCOCC. The minimum Gasteiger partial charge on any atom is -0.386 e. The van der Waals surface area contributed by atoms with Crippen molar-refractivity contribution in [1.82, 2.24) is 10.6 Å². The number of rotatable bonds is 9. The van der Waals surface area contributed by atoms with Gasteiger partial charge in [-0.2, -0.15) is 0 Å². The van der Waals surface area contributed by atoms with E-state index in [2.05, 4.69) is 27.8 Å². The number of aliphatic imine (C=N–C) groups is 1. The van der Waals surface area contributed by atoms with Crippen molar-refractivity contribution in [2.75, 3.05) is 32.8 Å². The van der Waals surface area contributed by atoms with Gasteiger partial charge in [-0.05, 0) is 37.8 Å². The maximum atomic E-state index is 10.4. The van der Waals surface area contributed by atoms with E-state index >= 15 is 0 Å². The fourth-order valence-electron chi connectivity index (χ4n) is 2.30. The molecule has 132 valence electrons. The van der Waals surface area contributed by atoms with Gasteiger partial charge in [0.15, 0.2) is 5.96 Å². The highest BCUT2D eigenvalue weighted by Crippen LogP contribution is 2.29. The Bertz CT molecular complexity index is 609. The van der Waals surface area contributed by atoms with Crippen molar-refractivity contribution in [2.45, 2.75) is 26.4 Å². The molecule has 0 spiro atoms. The van der Waals surface area contributed by atoms with E-state index in [0.29, 0.717) is 6.54 Å². The lowest BCUT2D eigenvalue weighted by atomic mass is 10.2. The van der Waals surface area contributed by atoms with E-state index < -0.39 is 6.10 Å². The quantitative estimate of drug-likeness (QED) is 0.370. The summed E-state index contributed by atoms with van der Waals surface area (Å²) in [6, 6.07) is 10.2. The number of aliphatic hydroxyl groups is 1. The number of aliphatic hydroxyl groups excluding tert-OH is 1. The van der Waals surface area contributed by atoms with Gasteiger partial charge in [0.2, 0.25) is 0 Å². The summed E-state index contributed by atoms with van der Waals surface area (Å²) < 4.78 is 6.51. The van der Waals surface area contributed by atoms with Gasteiger partial charge in [-0.3, -0.25) is 4.99 Å². The third kappa shape index (κ3) is 5.78. The zero-order valence-corrected chi connectivity index (χ0v) is 15.2. The van der Waals surface area contributed by atoms with Crippen LogP contribution in [0.5, 0.6) is 0 Å². The van der Waals surface area contributed by atoms with Crippen LogP contribution in [-0.2, 0) is 4.74 Å². The van der Waals surface area contributed by atoms with Crippen molar-refractivity contribution in [3.8, 4) is 0 Å². The van der Waals surface area contributed by atoms with E-state index in [9.17, 15) is 5.11 Å². The second kappa shape index (κ2) is 10.3. The Hall–Kier alpha value is -1.63. The Balaban J connectivity index is 1.89. The van der Waals surface area contributed by atoms with Crippen molar-refractivity contribution in [3.05, 3.63) is 35.2 Å². The van der Waals surface area contributed by atoms with Crippen molar-refractivity contribution >= 4 is 27.4 Å². The summed E-state index contributed by atoms with van der Waals surface area (Å²) in [4.78, 5) is 5.44. The van der Waals surface area contributed by atoms with Crippen LogP contribution in [0.3, 0.4) is 0 Å². The molecule has 0 aliphatic rings. The maximum absolute atomic E-state index is 10.4. The highest BCUT2D eigenvalue weighted by atomic mass is 32.1. The van der Waals surface area contributed by atoms with Crippen molar-refractivity contribution in [2.24, 2.45) is 4.99 Å². The Labute approximate surface area is 147 Å². The van der Waals surface area contributed by atoms with Gasteiger partial charge in [-0.25, -0.2) is 0 Å². The Morgan fingerprint density at radius 2 is 2.12 bits per heavy atom. The molecule has 1 heterocycles. The smallest absolute Gasteiger partial charge is 0.191 e. The molecule has 2 rings (SSSR count). The molecule has 24 heavy (non-hydrogen) atoms. The van der Waals surface area contributed by atoms with Crippen molar-refractivity contribution in [1.29, 1.82) is 0 Å². The summed E-state index contributed by atoms with van der Waals surface area (Å²) in [5, 5.41) is 18.0. The summed E-state index contributed by atoms with van der Waals surface area (Å²) in [6.45, 7) is 7.44. The molecule has 6 heteroatoms. The average molecular weight is 350 g/mol. The van der Waals surface area contributed by atoms with Crippen LogP contribution in [0.1, 0.15) is 31.2 Å². The Morgan fingerprint density at radius 1 is 1.29 bits per heavy atom. The number of thiophene rings is 1. The van der Waals surface area contributed by atoms with E-state index in [0.717, 1.165) is 43.6 Å². The molecule has 1 atom stereocenters. The third-order valence-electron chi connectivity index (χ3n) is 3.50. The topological polar surface area (TPSA) is 65.9 Å². The summed E-state index contributed by atoms with van der Waals surface area (Å²) in [7, 11) is 0. The van der Waals surface area contributed by atoms with Gasteiger partial charge >= 0.3 is 0 Å². The van der Waals surface area contributed by atoms with Crippen LogP contribution in [0.25, 0.3) is 10.1 Å². The maximum Gasteiger partial charge on any atom is 0.191 e. The van der Waals surface area contributed by atoms with Crippen LogP contribution in [0.15, 0.2) is 35.3 Å². The molecule has 3 N–H and O–H groups in total. The lowest BCUT2D eigenvalue weighted by Crippen LogP contribution is -2.38. The average Bonchev–Trinajstić information content (AvgIpc) is 3.03. The minimum absolute atomic E-state index is 0.341. The standard InChI is InChI=1S/C18H27N3O2S/c1-3-19-18(20-10-7-11-23-4-2)21-13-15(22)17-12-14-8-5-6-9-16(14)24-17/h5-6,8-9,12,15,22H,3-4,7,10-11,13H2,1-2H3,(H2,19,20,21). The fourth-order valence-corrected chi connectivity index (χ4v) is 3.34. The van der Waals surface area contributed by atoms with Gasteiger partial charge in [0.05, 0.1) is 6.54 Å². The Kier molecular flexibility index (Phi) is 8.01. The molecule has 0 aliphatic heterocycles. The summed E-state index contributed by atoms with van der Waals surface area (Å²) in [5.41, 5.74) is 0. The zero-order valence-electron chi connectivity index (χ0n) is 14.4. The van der Waals surface area contributed by atoms with Crippen molar-refractivity contribution < 1.29 is 9.84 Å². The van der Waals surface area contributed by atoms with Gasteiger partial charge in [0.25, 0.3) is 0 Å². The van der Waals surface area contributed by atoms with E-state index in [1.54, 1.807) is 11.3 Å².